The third kappa shape index (κ3) is 4.81. The van der Waals surface area contributed by atoms with E-state index < -0.39 is 0 Å². The van der Waals surface area contributed by atoms with Crippen LogP contribution in [0.1, 0.15) is 48.3 Å². The number of benzene rings is 3. The van der Waals surface area contributed by atoms with Gasteiger partial charge in [-0.1, -0.05) is 73.7 Å². The smallest absolute Gasteiger partial charge is 0.200 e. The van der Waals surface area contributed by atoms with E-state index in [4.69, 9.17) is 4.74 Å². The Labute approximate surface area is 247 Å². The molecular formula is C37H36N2OS. The zero-order valence-electron chi connectivity index (χ0n) is 23.9. The number of fused-ring (bicyclic) bond motifs is 3. The van der Waals surface area contributed by atoms with Gasteiger partial charge in [0.1, 0.15) is 0 Å². The number of allylic oxidation sites excluding steroid dienone is 5. The molecule has 3 heterocycles. The summed E-state index contributed by atoms with van der Waals surface area (Å²) in [5.41, 5.74) is 9.80. The summed E-state index contributed by atoms with van der Waals surface area (Å²) in [6, 6.07) is 26.1. The first-order chi connectivity index (χ1) is 20.2. The second-order valence-corrected chi connectivity index (χ2v) is 12.0. The Bertz CT molecular complexity index is 1740. The van der Waals surface area contributed by atoms with Gasteiger partial charge in [-0.05, 0) is 96.2 Å². The highest BCUT2D eigenvalue weighted by Gasteiger charge is 2.28. The number of hydrogen-bond acceptors (Lipinski definition) is 4. The molecule has 7 rings (SSSR count). The van der Waals surface area contributed by atoms with E-state index in [1.807, 2.05) is 17.4 Å². The number of thiophene rings is 1. The van der Waals surface area contributed by atoms with Gasteiger partial charge >= 0.3 is 0 Å². The van der Waals surface area contributed by atoms with E-state index in [0.29, 0.717) is 0 Å². The summed E-state index contributed by atoms with van der Waals surface area (Å²) in [5, 5.41) is 1.40. The van der Waals surface area contributed by atoms with Gasteiger partial charge < -0.3 is 14.5 Å². The normalized spacial score (nSPS) is 18.7. The van der Waals surface area contributed by atoms with Crippen LogP contribution < -0.4 is 9.64 Å². The summed E-state index contributed by atoms with van der Waals surface area (Å²) < 4.78 is 7.66. The van der Waals surface area contributed by atoms with Gasteiger partial charge in [-0.15, -0.1) is 11.3 Å². The summed E-state index contributed by atoms with van der Waals surface area (Å²) in [7, 11) is 0. The minimum atomic E-state index is 0.876. The standard InChI is InChI=1S/C37H36N2OS/c1-3-30-31-13-7-10-16-34(31)41-35(30)21-19-27-17-18-28(37(27)38-24-23-26-11-5-6-12-29(26)25-38)20-22-36-39(4-2)32-14-8-9-15-33(32)40-36/h5-16,19-22H,3-4,17-18,23-25H2,1-2H3/b21-19+,28-20+,36-22+. The predicted molar refractivity (Wildman–Crippen MR) is 173 cm³/mol. The van der Waals surface area contributed by atoms with Gasteiger partial charge in [-0.3, -0.25) is 0 Å². The number of anilines is 1. The first-order valence-electron chi connectivity index (χ1n) is 14.9. The molecule has 0 unspecified atom stereocenters. The van der Waals surface area contributed by atoms with E-state index in [9.17, 15) is 0 Å². The zero-order chi connectivity index (χ0) is 27.8. The van der Waals surface area contributed by atoms with Crippen molar-refractivity contribution in [1.82, 2.24) is 4.90 Å². The highest BCUT2D eigenvalue weighted by atomic mass is 32.1. The highest BCUT2D eigenvalue weighted by molar-refractivity contribution is 7.20. The van der Waals surface area contributed by atoms with Gasteiger partial charge in [0.15, 0.2) is 5.75 Å². The van der Waals surface area contributed by atoms with Crippen LogP contribution in [0, 0.1) is 0 Å². The molecule has 4 aromatic rings. The second kappa shape index (κ2) is 11.1. The molecule has 0 saturated carbocycles. The Morgan fingerprint density at radius 2 is 1.63 bits per heavy atom. The van der Waals surface area contributed by atoms with E-state index in [0.717, 1.165) is 62.6 Å². The lowest BCUT2D eigenvalue weighted by Gasteiger charge is -2.33. The van der Waals surface area contributed by atoms with Crippen molar-refractivity contribution in [2.45, 2.75) is 46.1 Å². The summed E-state index contributed by atoms with van der Waals surface area (Å²) >= 11 is 1.91. The number of ether oxygens (including phenoxy) is 1. The van der Waals surface area contributed by atoms with Crippen LogP contribution in [0.5, 0.6) is 5.75 Å². The molecule has 3 aromatic carbocycles. The Hall–Kier alpha value is -4.02. The molecule has 3 aliphatic rings. The third-order valence-electron chi connectivity index (χ3n) is 8.62. The fourth-order valence-electron chi connectivity index (χ4n) is 6.60. The van der Waals surface area contributed by atoms with Gasteiger partial charge in [-0.2, -0.15) is 0 Å². The van der Waals surface area contributed by atoms with E-state index in [1.54, 1.807) is 0 Å². The van der Waals surface area contributed by atoms with Crippen LogP contribution in [-0.4, -0.2) is 18.0 Å². The van der Waals surface area contributed by atoms with Crippen LogP contribution in [0.25, 0.3) is 16.2 Å². The van der Waals surface area contributed by atoms with Crippen LogP contribution in [0.3, 0.4) is 0 Å². The number of para-hydroxylation sites is 2. The van der Waals surface area contributed by atoms with Crippen LogP contribution in [0.4, 0.5) is 5.69 Å². The Balaban J connectivity index is 1.27. The fourth-order valence-corrected chi connectivity index (χ4v) is 7.80. The van der Waals surface area contributed by atoms with Crippen molar-refractivity contribution >= 4 is 33.2 Å². The molecule has 206 valence electrons. The lowest BCUT2D eigenvalue weighted by molar-refractivity contribution is 0.328. The van der Waals surface area contributed by atoms with Crippen LogP contribution in [0.2, 0.25) is 0 Å². The number of nitrogens with zero attached hydrogens (tertiary/aromatic N) is 2. The molecule has 0 radical (unpaired) electrons. The van der Waals surface area contributed by atoms with E-state index in [1.165, 1.54) is 48.5 Å². The van der Waals surface area contributed by atoms with E-state index >= 15 is 0 Å². The van der Waals surface area contributed by atoms with Crippen molar-refractivity contribution in [3.8, 4) is 5.75 Å². The zero-order valence-corrected chi connectivity index (χ0v) is 24.7. The Morgan fingerprint density at radius 1 is 0.829 bits per heavy atom. The van der Waals surface area contributed by atoms with Crippen molar-refractivity contribution in [1.29, 1.82) is 0 Å². The molecule has 0 spiro atoms. The summed E-state index contributed by atoms with van der Waals surface area (Å²) in [4.78, 5) is 6.27. The summed E-state index contributed by atoms with van der Waals surface area (Å²) in [5.74, 6) is 1.85. The molecule has 2 aliphatic heterocycles. The lowest BCUT2D eigenvalue weighted by Crippen LogP contribution is -2.30. The molecular weight excluding hydrogens is 520 g/mol. The van der Waals surface area contributed by atoms with E-state index in [-0.39, 0.29) is 0 Å². The van der Waals surface area contributed by atoms with Gasteiger partial charge in [0.05, 0.1) is 5.69 Å². The van der Waals surface area contributed by atoms with Crippen molar-refractivity contribution in [3.63, 3.8) is 0 Å². The summed E-state index contributed by atoms with van der Waals surface area (Å²) in [6.07, 6.45) is 13.5. The SMILES string of the molecule is CCc1c(/C=C/C2=C(N3CCc4ccccc4C3)C(=C/C=C3/Oc4ccccc4N3CC)/CC2)sc2ccccc12. The topological polar surface area (TPSA) is 15.7 Å². The maximum atomic E-state index is 6.28. The minimum Gasteiger partial charge on any atom is -0.439 e. The fraction of sp³-hybridized carbons (Fsp3) is 0.243. The highest BCUT2D eigenvalue weighted by Crippen LogP contribution is 2.41. The van der Waals surface area contributed by atoms with Crippen molar-refractivity contribution in [3.05, 3.63) is 135 Å². The Kier molecular flexibility index (Phi) is 7.02. The van der Waals surface area contributed by atoms with Gasteiger partial charge in [0, 0.05) is 34.9 Å². The third-order valence-corrected chi connectivity index (χ3v) is 9.80. The minimum absolute atomic E-state index is 0.876. The van der Waals surface area contributed by atoms with Crippen molar-refractivity contribution in [2.75, 3.05) is 18.0 Å². The van der Waals surface area contributed by atoms with Crippen molar-refractivity contribution < 1.29 is 4.74 Å². The first-order valence-corrected chi connectivity index (χ1v) is 15.7. The van der Waals surface area contributed by atoms with Crippen LogP contribution >= 0.6 is 11.3 Å². The van der Waals surface area contributed by atoms with Gasteiger partial charge in [0.2, 0.25) is 5.88 Å². The molecule has 41 heavy (non-hydrogen) atoms. The Morgan fingerprint density at radius 3 is 2.51 bits per heavy atom. The van der Waals surface area contributed by atoms with Crippen LogP contribution in [-0.2, 0) is 19.4 Å². The first kappa shape index (κ1) is 25.9. The van der Waals surface area contributed by atoms with E-state index in [2.05, 4.69) is 115 Å². The molecule has 1 aromatic heterocycles. The molecule has 0 fully saturated rings. The monoisotopic (exact) mass is 556 g/mol. The average molecular weight is 557 g/mol. The molecule has 1 aliphatic carbocycles. The van der Waals surface area contributed by atoms with Gasteiger partial charge in [0.25, 0.3) is 0 Å². The number of hydrogen-bond donors (Lipinski definition) is 0. The molecule has 0 amide bonds. The average Bonchev–Trinajstić information content (AvgIpc) is 3.70. The van der Waals surface area contributed by atoms with Gasteiger partial charge in [-0.25, -0.2) is 0 Å². The van der Waals surface area contributed by atoms with Crippen molar-refractivity contribution in [2.24, 2.45) is 0 Å². The predicted octanol–water partition coefficient (Wildman–Crippen LogP) is 9.27. The second-order valence-electron chi connectivity index (χ2n) is 11.0. The molecule has 4 heteroatoms. The molecule has 3 nitrogen and oxygen atoms in total. The number of aryl methyl sites for hydroxylation is 1. The summed E-state index contributed by atoms with van der Waals surface area (Å²) in [6.45, 7) is 7.34. The maximum Gasteiger partial charge on any atom is 0.200 e. The molecule has 0 saturated heterocycles. The largest absolute Gasteiger partial charge is 0.439 e. The maximum absolute atomic E-state index is 6.28. The molecule has 0 atom stereocenters. The van der Waals surface area contributed by atoms with Crippen LogP contribution in [0.15, 0.2) is 114 Å². The molecule has 0 bridgehead atoms. The lowest BCUT2D eigenvalue weighted by atomic mass is 9.98. The molecule has 0 N–H and O–H groups in total. The quantitative estimate of drug-likeness (QED) is 0.235. The number of rotatable bonds is 6.